The number of fused-ring (bicyclic) bond motifs is 1. The number of aryl methyl sites for hydroxylation is 1. The topological polar surface area (TPSA) is 43.0 Å². The second-order valence-electron chi connectivity index (χ2n) is 4.72. The highest BCUT2D eigenvalue weighted by atomic mass is 15.0. The van der Waals surface area contributed by atoms with Crippen LogP contribution in [0.1, 0.15) is 26.3 Å². The summed E-state index contributed by atoms with van der Waals surface area (Å²) in [6.07, 6.45) is 2.20. The summed E-state index contributed by atoms with van der Waals surface area (Å²) in [4.78, 5) is 0. The lowest BCUT2D eigenvalue weighted by Gasteiger charge is -2.06. The fourth-order valence-corrected chi connectivity index (χ4v) is 2.17. The smallest absolute Gasteiger partial charge is 0.0717 e. The van der Waals surface area contributed by atoms with Gasteiger partial charge in [-0.1, -0.05) is 26.0 Å². The number of rotatable bonds is 4. The van der Waals surface area contributed by atoms with Crippen LogP contribution in [0.5, 0.6) is 0 Å². The number of nitrogens with two attached hydrogens (primary N) is 1. The number of hydrogen-bond donors (Lipinski definition) is 2. The minimum absolute atomic E-state index is 0.496. The van der Waals surface area contributed by atoms with Crippen LogP contribution in [0.15, 0.2) is 24.4 Å². The van der Waals surface area contributed by atoms with Gasteiger partial charge in [-0.15, -0.1) is 0 Å². The van der Waals surface area contributed by atoms with Gasteiger partial charge in [0.2, 0.25) is 0 Å². The first-order valence-electron chi connectivity index (χ1n) is 6.23. The van der Waals surface area contributed by atoms with Gasteiger partial charge in [-0.25, -0.2) is 0 Å². The molecule has 0 spiro atoms. The summed E-state index contributed by atoms with van der Waals surface area (Å²) >= 11 is 0. The van der Waals surface area contributed by atoms with Gasteiger partial charge >= 0.3 is 0 Å². The van der Waals surface area contributed by atoms with Crippen LogP contribution in [0.3, 0.4) is 0 Å². The number of nitrogen functional groups attached to an aromatic ring is 1. The minimum atomic E-state index is 0.496. The first-order valence-corrected chi connectivity index (χ1v) is 6.23. The number of nitrogens with zero attached hydrogens (tertiary/aromatic N) is 1. The second kappa shape index (κ2) is 4.80. The Morgan fingerprint density at radius 3 is 2.76 bits per heavy atom. The van der Waals surface area contributed by atoms with E-state index in [9.17, 15) is 0 Å². The average Bonchev–Trinajstić information content (AvgIpc) is 2.66. The van der Waals surface area contributed by atoms with Crippen molar-refractivity contribution in [1.29, 1.82) is 0 Å². The van der Waals surface area contributed by atoms with Crippen LogP contribution in [-0.4, -0.2) is 10.6 Å². The lowest BCUT2D eigenvalue weighted by molar-refractivity contribution is 0.589. The first kappa shape index (κ1) is 12.0. The van der Waals surface area contributed by atoms with Crippen molar-refractivity contribution in [3.63, 3.8) is 0 Å². The van der Waals surface area contributed by atoms with E-state index in [2.05, 4.69) is 42.9 Å². The van der Waals surface area contributed by atoms with E-state index in [4.69, 9.17) is 5.73 Å². The number of benzene rings is 1. The van der Waals surface area contributed by atoms with Gasteiger partial charge in [0.05, 0.1) is 11.2 Å². The third-order valence-electron chi connectivity index (χ3n) is 3.05. The van der Waals surface area contributed by atoms with Crippen LogP contribution in [0.4, 0.5) is 5.69 Å². The van der Waals surface area contributed by atoms with Crippen LogP contribution in [0.25, 0.3) is 10.9 Å². The molecule has 3 nitrogen and oxygen atoms in total. The quantitative estimate of drug-likeness (QED) is 0.795. The molecule has 0 bridgehead atoms. The highest BCUT2D eigenvalue weighted by Gasteiger charge is 2.09. The maximum atomic E-state index is 6.06. The fraction of sp³-hybridized carbons (Fsp3) is 0.429. The predicted octanol–water partition coefficient (Wildman–Crippen LogP) is 2.74. The molecule has 1 aromatic carbocycles. The van der Waals surface area contributed by atoms with E-state index in [1.54, 1.807) is 0 Å². The van der Waals surface area contributed by atoms with E-state index in [0.717, 1.165) is 24.3 Å². The van der Waals surface area contributed by atoms with Gasteiger partial charge in [0.1, 0.15) is 0 Å². The lowest BCUT2D eigenvalue weighted by atomic mass is 10.1. The van der Waals surface area contributed by atoms with Crippen molar-refractivity contribution in [1.82, 2.24) is 9.88 Å². The Hall–Kier alpha value is -1.48. The molecule has 0 atom stereocenters. The van der Waals surface area contributed by atoms with Crippen molar-refractivity contribution in [2.24, 2.45) is 0 Å². The van der Waals surface area contributed by atoms with E-state index < -0.39 is 0 Å². The Labute approximate surface area is 103 Å². The molecule has 0 unspecified atom stereocenters. The van der Waals surface area contributed by atoms with E-state index in [1.165, 1.54) is 10.9 Å². The van der Waals surface area contributed by atoms with Crippen molar-refractivity contribution < 1.29 is 0 Å². The zero-order valence-corrected chi connectivity index (χ0v) is 10.8. The molecule has 0 amide bonds. The van der Waals surface area contributed by atoms with Crippen molar-refractivity contribution in [2.75, 3.05) is 5.73 Å². The molecule has 0 saturated heterocycles. The van der Waals surface area contributed by atoms with Gasteiger partial charge in [-0.3, -0.25) is 0 Å². The molecule has 0 aliphatic carbocycles. The van der Waals surface area contributed by atoms with Crippen LogP contribution in [0, 0.1) is 0 Å². The van der Waals surface area contributed by atoms with E-state index in [0.29, 0.717) is 6.04 Å². The maximum absolute atomic E-state index is 6.06. The summed E-state index contributed by atoms with van der Waals surface area (Å²) in [5.74, 6) is 0. The Balaban J connectivity index is 2.46. The largest absolute Gasteiger partial charge is 0.397 e. The third kappa shape index (κ3) is 2.29. The zero-order valence-electron chi connectivity index (χ0n) is 10.8. The molecule has 0 fully saturated rings. The molecule has 1 aromatic heterocycles. The van der Waals surface area contributed by atoms with Crippen molar-refractivity contribution in [3.8, 4) is 0 Å². The Morgan fingerprint density at radius 2 is 2.12 bits per heavy atom. The molecule has 3 heteroatoms. The van der Waals surface area contributed by atoms with Gasteiger partial charge < -0.3 is 15.6 Å². The van der Waals surface area contributed by atoms with Crippen molar-refractivity contribution >= 4 is 16.6 Å². The minimum Gasteiger partial charge on any atom is -0.397 e. The monoisotopic (exact) mass is 231 g/mol. The number of aromatic nitrogens is 1. The molecular weight excluding hydrogens is 210 g/mol. The maximum Gasteiger partial charge on any atom is 0.0717 e. The summed E-state index contributed by atoms with van der Waals surface area (Å²) in [5, 5.41) is 4.72. The number of nitrogens with one attached hydrogen (secondary N) is 1. The highest BCUT2D eigenvalue weighted by Crippen LogP contribution is 2.26. The Kier molecular flexibility index (Phi) is 3.38. The average molecular weight is 231 g/mol. The Bertz CT molecular complexity index is 511. The predicted molar refractivity (Wildman–Crippen MR) is 74.0 cm³/mol. The highest BCUT2D eigenvalue weighted by molar-refractivity contribution is 5.93. The SMILES string of the molecule is CCn1cc(CNC(C)C)c2cccc(N)c21. The van der Waals surface area contributed by atoms with Gasteiger partial charge in [0.25, 0.3) is 0 Å². The molecule has 0 saturated carbocycles. The van der Waals surface area contributed by atoms with Gasteiger partial charge in [-0.05, 0) is 18.6 Å². The standard InChI is InChI=1S/C14H21N3/c1-4-17-9-11(8-16-10(2)3)12-6-5-7-13(15)14(12)17/h5-7,9-10,16H,4,8,15H2,1-3H3. The number of hydrogen-bond acceptors (Lipinski definition) is 2. The van der Waals surface area contributed by atoms with Crippen LogP contribution < -0.4 is 11.1 Å². The number of anilines is 1. The molecule has 0 aliphatic heterocycles. The fourth-order valence-electron chi connectivity index (χ4n) is 2.17. The van der Waals surface area contributed by atoms with E-state index in [1.807, 2.05) is 12.1 Å². The van der Waals surface area contributed by atoms with Crippen molar-refractivity contribution in [2.45, 2.75) is 39.9 Å². The molecular formula is C14H21N3. The lowest BCUT2D eigenvalue weighted by Crippen LogP contribution is -2.21. The molecule has 2 rings (SSSR count). The third-order valence-corrected chi connectivity index (χ3v) is 3.05. The molecule has 0 aliphatic rings. The molecule has 92 valence electrons. The second-order valence-corrected chi connectivity index (χ2v) is 4.72. The zero-order chi connectivity index (χ0) is 12.4. The Morgan fingerprint density at radius 1 is 1.35 bits per heavy atom. The normalized spacial score (nSPS) is 11.5. The summed E-state index contributed by atoms with van der Waals surface area (Å²) < 4.78 is 2.22. The van der Waals surface area contributed by atoms with Crippen LogP contribution >= 0.6 is 0 Å². The van der Waals surface area contributed by atoms with Gasteiger partial charge in [0, 0.05) is 30.7 Å². The van der Waals surface area contributed by atoms with E-state index in [-0.39, 0.29) is 0 Å². The van der Waals surface area contributed by atoms with Gasteiger partial charge in [0.15, 0.2) is 0 Å². The molecule has 3 N–H and O–H groups in total. The summed E-state index contributed by atoms with van der Waals surface area (Å²) in [6.45, 7) is 8.31. The van der Waals surface area contributed by atoms with Crippen LogP contribution in [0.2, 0.25) is 0 Å². The molecule has 0 radical (unpaired) electrons. The summed E-state index contributed by atoms with van der Waals surface area (Å²) in [7, 11) is 0. The van der Waals surface area contributed by atoms with Gasteiger partial charge in [-0.2, -0.15) is 0 Å². The van der Waals surface area contributed by atoms with Crippen LogP contribution in [-0.2, 0) is 13.1 Å². The van der Waals surface area contributed by atoms with Crippen molar-refractivity contribution in [3.05, 3.63) is 30.0 Å². The summed E-state index contributed by atoms with van der Waals surface area (Å²) in [5.41, 5.74) is 9.41. The molecule has 17 heavy (non-hydrogen) atoms. The van der Waals surface area contributed by atoms with E-state index >= 15 is 0 Å². The molecule has 2 aromatic rings. The molecule has 1 heterocycles. The first-order chi connectivity index (χ1) is 8.13. The number of para-hydroxylation sites is 1. The summed E-state index contributed by atoms with van der Waals surface area (Å²) in [6, 6.07) is 6.64.